The molecule has 0 aliphatic carbocycles. The van der Waals surface area contributed by atoms with Gasteiger partial charge in [-0.05, 0) is 51.4 Å². The van der Waals surface area contributed by atoms with Gasteiger partial charge in [-0.2, -0.15) is 0 Å². The number of aliphatic hydroxyl groups is 2. The van der Waals surface area contributed by atoms with Crippen LogP contribution in [0.25, 0.3) is 0 Å². The minimum atomic E-state index is -0.664. The molecule has 0 radical (unpaired) electrons. The Morgan fingerprint density at radius 3 is 0.826 bits per heavy atom. The van der Waals surface area contributed by atoms with E-state index in [2.05, 4.69) is 31.3 Å². The van der Waals surface area contributed by atoms with Crippen molar-refractivity contribution in [3.05, 3.63) is 12.2 Å². The van der Waals surface area contributed by atoms with Crippen molar-refractivity contribution in [2.75, 3.05) is 13.2 Å². The van der Waals surface area contributed by atoms with Crippen LogP contribution in [0, 0.1) is 0 Å². The second-order valence-electron chi connectivity index (χ2n) is 27.8. The van der Waals surface area contributed by atoms with Crippen LogP contribution >= 0.6 is 0 Å². The van der Waals surface area contributed by atoms with Gasteiger partial charge in [-0.1, -0.05) is 411 Å². The van der Waals surface area contributed by atoms with Crippen molar-refractivity contribution in [1.29, 1.82) is 0 Å². The van der Waals surface area contributed by atoms with Gasteiger partial charge in [0, 0.05) is 12.8 Å². The van der Waals surface area contributed by atoms with Crippen LogP contribution in [0.3, 0.4) is 0 Å². The highest BCUT2D eigenvalue weighted by Gasteiger charge is 2.20. The first-order valence-electron chi connectivity index (χ1n) is 39.9. The van der Waals surface area contributed by atoms with Crippen molar-refractivity contribution in [2.24, 2.45) is 0 Å². The van der Waals surface area contributed by atoms with Gasteiger partial charge in [-0.3, -0.25) is 9.59 Å². The Kier molecular flexibility index (Phi) is 74.8. The summed E-state index contributed by atoms with van der Waals surface area (Å²) in [6, 6.07) is -0.540. The highest BCUT2D eigenvalue weighted by atomic mass is 16.5. The van der Waals surface area contributed by atoms with E-state index >= 15 is 0 Å². The number of nitrogens with one attached hydrogen (secondary N) is 1. The molecule has 0 bridgehead atoms. The molecule has 0 rings (SSSR count). The predicted molar refractivity (Wildman–Crippen MR) is 380 cm³/mol. The topological polar surface area (TPSA) is 95.9 Å². The van der Waals surface area contributed by atoms with Crippen LogP contribution < -0.4 is 5.32 Å². The maximum atomic E-state index is 12.6. The summed E-state index contributed by atoms with van der Waals surface area (Å²) in [6.07, 6.45) is 95.9. The molecular formula is C80H157NO5. The summed E-state index contributed by atoms with van der Waals surface area (Å²) < 4.78 is 5.51. The average Bonchev–Trinajstić information content (AvgIpc) is 3.59. The average molecular weight is 1210 g/mol. The monoisotopic (exact) mass is 1210 g/mol. The van der Waals surface area contributed by atoms with Gasteiger partial charge in [0.15, 0.2) is 0 Å². The molecule has 0 aliphatic heterocycles. The molecule has 0 saturated heterocycles. The molecule has 0 fully saturated rings. The van der Waals surface area contributed by atoms with E-state index in [4.69, 9.17) is 4.74 Å². The van der Waals surface area contributed by atoms with E-state index < -0.39 is 12.1 Å². The Labute approximate surface area is 539 Å². The number of carbonyl (C=O) groups excluding carboxylic acids is 2. The van der Waals surface area contributed by atoms with Crippen LogP contribution in [0.2, 0.25) is 0 Å². The second kappa shape index (κ2) is 76.1. The third-order valence-corrected chi connectivity index (χ3v) is 19.1. The summed E-state index contributed by atoms with van der Waals surface area (Å²) in [6.45, 7) is 5.02. The van der Waals surface area contributed by atoms with Crippen molar-refractivity contribution in [2.45, 2.75) is 475 Å². The molecule has 1 amide bonds. The molecule has 0 heterocycles. The van der Waals surface area contributed by atoms with Gasteiger partial charge in [0.05, 0.1) is 25.4 Å². The molecule has 2 atom stereocenters. The first-order valence-corrected chi connectivity index (χ1v) is 39.9. The maximum Gasteiger partial charge on any atom is 0.305 e. The lowest BCUT2D eigenvalue weighted by Gasteiger charge is -2.22. The minimum Gasteiger partial charge on any atom is -0.466 e. The van der Waals surface area contributed by atoms with E-state index in [9.17, 15) is 19.8 Å². The lowest BCUT2D eigenvalue weighted by atomic mass is 10.0. The van der Waals surface area contributed by atoms with Crippen molar-refractivity contribution in [3.63, 3.8) is 0 Å². The largest absolute Gasteiger partial charge is 0.466 e. The highest BCUT2D eigenvalue weighted by molar-refractivity contribution is 5.76. The first-order chi connectivity index (χ1) is 42.5. The number of esters is 1. The zero-order valence-corrected chi connectivity index (χ0v) is 58.8. The number of unbranched alkanes of at least 4 members (excludes halogenated alkanes) is 63. The molecule has 0 aromatic carbocycles. The van der Waals surface area contributed by atoms with Crippen molar-refractivity contribution in [3.8, 4) is 0 Å². The summed E-state index contributed by atoms with van der Waals surface area (Å²) in [5, 5.41) is 23.5. The summed E-state index contributed by atoms with van der Waals surface area (Å²) >= 11 is 0. The highest BCUT2D eigenvalue weighted by Crippen LogP contribution is 2.20. The van der Waals surface area contributed by atoms with Crippen LogP contribution in [0.15, 0.2) is 12.2 Å². The molecule has 6 heteroatoms. The smallest absolute Gasteiger partial charge is 0.305 e. The lowest BCUT2D eigenvalue weighted by molar-refractivity contribution is -0.143. The van der Waals surface area contributed by atoms with Gasteiger partial charge in [-0.15, -0.1) is 0 Å². The summed E-state index contributed by atoms with van der Waals surface area (Å²) in [5.74, 6) is -0.00449. The number of hydrogen-bond acceptors (Lipinski definition) is 5. The first kappa shape index (κ1) is 84.6. The minimum absolute atomic E-state index is 0.0225. The zero-order chi connectivity index (χ0) is 62.0. The Bertz CT molecular complexity index is 1300. The fourth-order valence-corrected chi connectivity index (χ4v) is 13.0. The van der Waals surface area contributed by atoms with Gasteiger partial charge < -0.3 is 20.3 Å². The molecule has 512 valence electrons. The molecule has 0 saturated carbocycles. The quantitative estimate of drug-likeness (QED) is 0.0320. The van der Waals surface area contributed by atoms with E-state index in [0.29, 0.717) is 25.9 Å². The summed E-state index contributed by atoms with van der Waals surface area (Å²) in [4.78, 5) is 24.7. The molecular weight excluding hydrogens is 1050 g/mol. The molecule has 3 N–H and O–H groups in total. The van der Waals surface area contributed by atoms with Gasteiger partial charge in [0.1, 0.15) is 0 Å². The summed E-state index contributed by atoms with van der Waals surface area (Å²) in [7, 11) is 0. The second-order valence-corrected chi connectivity index (χ2v) is 27.8. The van der Waals surface area contributed by atoms with Crippen molar-refractivity contribution in [1.82, 2.24) is 5.32 Å². The summed E-state index contributed by atoms with van der Waals surface area (Å²) in [5.41, 5.74) is 0. The van der Waals surface area contributed by atoms with Crippen molar-refractivity contribution < 1.29 is 24.5 Å². The molecule has 6 nitrogen and oxygen atoms in total. The van der Waals surface area contributed by atoms with Gasteiger partial charge in [0.2, 0.25) is 5.91 Å². The van der Waals surface area contributed by atoms with Crippen molar-refractivity contribution >= 4 is 11.9 Å². The van der Waals surface area contributed by atoms with Crippen LogP contribution in [0.1, 0.15) is 463 Å². The van der Waals surface area contributed by atoms with E-state index in [1.165, 1.54) is 392 Å². The molecule has 0 aliphatic rings. The normalized spacial score (nSPS) is 12.5. The lowest BCUT2D eigenvalue weighted by Crippen LogP contribution is -2.45. The number of ether oxygens (including phenoxy) is 1. The fraction of sp³-hybridized carbons (Fsp3) is 0.950. The SMILES string of the molecule is CCCCCCCCCCCCCCCCCCCCCCCCC(O)C(CO)NC(=O)CCCCCCCCCCCCCCCCC/C=C\CCCCCCCCCCCCCCOC(=O)CCCCCCCCCCCCCCCCCC. The standard InChI is InChI=1S/C80H157NO5/c1-3-5-7-9-11-13-15-17-19-21-22-23-35-38-41-44-48-52-56-60-64-68-72-78(83)77(76-82)81-79(84)73-69-65-61-57-53-49-45-42-39-36-33-31-29-27-25-24-26-28-30-32-34-37-40-43-47-51-55-59-63-67-71-75-86-80(85)74-70-66-62-58-54-50-46-20-18-16-14-12-10-8-6-4-2/h26,28,77-78,82-83H,3-25,27,29-76H2,1-2H3,(H,81,84)/b28-26-. The molecule has 0 aromatic rings. The Balaban J connectivity index is 3.35. The third kappa shape index (κ3) is 71.7. The van der Waals surface area contributed by atoms with Gasteiger partial charge >= 0.3 is 5.97 Å². The van der Waals surface area contributed by atoms with E-state index in [1.807, 2.05) is 0 Å². The van der Waals surface area contributed by atoms with Crippen LogP contribution in [0.5, 0.6) is 0 Å². The van der Waals surface area contributed by atoms with Crippen LogP contribution in [-0.4, -0.2) is 47.4 Å². The molecule has 2 unspecified atom stereocenters. The number of hydrogen-bond donors (Lipinski definition) is 3. The fourth-order valence-electron chi connectivity index (χ4n) is 13.0. The Morgan fingerprint density at radius 2 is 0.547 bits per heavy atom. The molecule has 86 heavy (non-hydrogen) atoms. The molecule has 0 spiro atoms. The Hall–Kier alpha value is -1.40. The van der Waals surface area contributed by atoms with Crippen LogP contribution in [0.4, 0.5) is 0 Å². The van der Waals surface area contributed by atoms with Gasteiger partial charge in [0.25, 0.3) is 0 Å². The number of allylic oxidation sites excluding steroid dienone is 2. The van der Waals surface area contributed by atoms with Crippen LogP contribution in [-0.2, 0) is 14.3 Å². The number of carbonyl (C=O) groups is 2. The number of rotatable bonds is 76. The predicted octanol–water partition coefficient (Wildman–Crippen LogP) is 26.3. The van der Waals surface area contributed by atoms with E-state index in [-0.39, 0.29) is 18.5 Å². The maximum absolute atomic E-state index is 12.6. The van der Waals surface area contributed by atoms with E-state index in [0.717, 1.165) is 38.5 Å². The van der Waals surface area contributed by atoms with E-state index in [1.54, 1.807) is 0 Å². The number of aliphatic hydroxyl groups excluding tert-OH is 2. The molecule has 0 aromatic heterocycles. The zero-order valence-electron chi connectivity index (χ0n) is 58.8. The Morgan fingerprint density at radius 1 is 0.314 bits per heavy atom. The third-order valence-electron chi connectivity index (χ3n) is 19.1. The van der Waals surface area contributed by atoms with Gasteiger partial charge in [-0.25, -0.2) is 0 Å². The number of amides is 1.